The molecule has 0 fully saturated rings. The van der Waals surface area contributed by atoms with Crippen molar-refractivity contribution in [3.63, 3.8) is 0 Å². The van der Waals surface area contributed by atoms with Crippen LogP contribution in [0.25, 0.3) is 99.5 Å². The van der Waals surface area contributed by atoms with Gasteiger partial charge in [-0.05, 0) is 140 Å². The van der Waals surface area contributed by atoms with Crippen molar-refractivity contribution in [2.75, 3.05) is 0 Å². The number of aromatic nitrogens is 3. The summed E-state index contributed by atoms with van der Waals surface area (Å²) in [5.74, 6) is -10.3. The molecule has 3 aliphatic rings. The van der Waals surface area contributed by atoms with Gasteiger partial charge in [-0.1, -0.05) is 224 Å². The summed E-state index contributed by atoms with van der Waals surface area (Å²) < 4.78 is 0. The van der Waals surface area contributed by atoms with E-state index in [-0.39, 0.29) is 36.4 Å². The number of hydrogen-bond acceptors (Lipinski definition) is 15. The third-order valence-corrected chi connectivity index (χ3v) is 18.5. The molecular formula is C87H72IrN3O12. The molecule has 0 bridgehead atoms. The zero-order chi connectivity index (χ0) is 73.4. The van der Waals surface area contributed by atoms with Crippen molar-refractivity contribution in [1.29, 1.82) is 0 Å². The van der Waals surface area contributed by atoms with Gasteiger partial charge in [-0.25, -0.2) is 0 Å². The molecule has 0 aliphatic heterocycles. The number of fused-ring (bicyclic) bond motifs is 12. The molecule has 9 aromatic carbocycles. The molecule has 103 heavy (non-hydrogen) atoms. The van der Waals surface area contributed by atoms with Crippen LogP contribution in [0, 0.1) is 0 Å². The Balaban J connectivity index is 0.000000152. The predicted octanol–water partition coefficient (Wildman–Crippen LogP) is 13.5. The van der Waals surface area contributed by atoms with E-state index in [0.717, 1.165) is 37.9 Å². The van der Waals surface area contributed by atoms with Crippen LogP contribution in [0.2, 0.25) is 0 Å². The first-order valence-corrected chi connectivity index (χ1v) is 33.1. The number of carboxylic acid groups (broad SMARTS) is 3. The Bertz CT molecular complexity index is 4820. The molecule has 15 nitrogen and oxygen atoms in total. The third-order valence-electron chi connectivity index (χ3n) is 18.5. The molecule has 3 heterocycles. The molecule has 3 aliphatic carbocycles. The fourth-order valence-electron chi connectivity index (χ4n) is 13.5. The number of carbonyl (C=O) groups excluding carboxylic acids is 9. The van der Waals surface area contributed by atoms with E-state index in [2.05, 4.69) is 260 Å². The summed E-state index contributed by atoms with van der Waals surface area (Å²) in [5, 5.41) is 36.2. The van der Waals surface area contributed by atoms with Crippen LogP contribution in [0.3, 0.4) is 0 Å². The van der Waals surface area contributed by atoms with Crippen molar-refractivity contribution in [3.8, 4) is 67.2 Å². The van der Waals surface area contributed by atoms with E-state index in [0.29, 0.717) is 0 Å². The van der Waals surface area contributed by atoms with E-state index in [9.17, 15) is 58.5 Å². The zero-order valence-corrected chi connectivity index (χ0v) is 60.6. The first-order chi connectivity index (χ1) is 48.6. The molecule has 0 unspecified atom stereocenters. The topological polar surface area (TPSA) is 261 Å². The fourth-order valence-corrected chi connectivity index (χ4v) is 13.5. The van der Waals surface area contributed by atoms with Crippen LogP contribution >= 0.6 is 0 Å². The van der Waals surface area contributed by atoms with Gasteiger partial charge >= 0.3 is 20.1 Å². The monoisotopic (exact) mass is 1540 g/mol. The minimum Gasteiger partial charge on any atom is -0.542 e. The Morgan fingerprint density at radius 2 is 0.515 bits per heavy atom. The van der Waals surface area contributed by atoms with Gasteiger partial charge in [0, 0.05) is 67.7 Å². The van der Waals surface area contributed by atoms with Crippen molar-refractivity contribution in [2.45, 2.75) is 97.8 Å². The van der Waals surface area contributed by atoms with Gasteiger partial charge in [0.05, 0.1) is 36.3 Å². The molecule has 0 saturated carbocycles. The van der Waals surface area contributed by atoms with Crippen molar-refractivity contribution >= 4 is 84.9 Å². The van der Waals surface area contributed by atoms with Gasteiger partial charge in [0.1, 0.15) is 35.3 Å². The molecule has 0 atom stereocenters. The molecule has 0 radical (unpaired) electrons. The maximum atomic E-state index is 10.1. The van der Waals surface area contributed by atoms with E-state index in [1.54, 1.807) is 0 Å². The van der Waals surface area contributed by atoms with E-state index in [1.165, 1.54) is 116 Å². The van der Waals surface area contributed by atoms with Gasteiger partial charge in [-0.3, -0.25) is 43.7 Å². The SMILES string of the molecule is CC(=O)CC(=O)C(=O)[O-].CC(=O)CC(=O)C(=O)[O-].CC(=O)CC(=O)C(=O)[O-].CC1(C)c2ccccc2-c2ccc(-c3nccc4ccccc34)cc21.CC1(C)c2ccccc2-c2ccc(-c3nccc4ccccc34)cc21.CC1(C)c2ccccc2-c2ccc(-c3nccc4ccccc34)cc21.[Ir+3]. The second-order valence-electron chi connectivity index (χ2n) is 26.7. The van der Waals surface area contributed by atoms with Gasteiger partial charge < -0.3 is 29.7 Å². The number of hydrogen-bond donors (Lipinski definition) is 0. The summed E-state index contributed by atoms with van der Waals surface area (Å²) in [5.41, 5.74) is 23.4. The van der Waals surface area contributed by atoms with Gasteiger partial charge in [-0.15, -0.1) is 0 Å². The van der Waals surface area contributed by atoms with E-state index in [4.69, 9.17) is 15.0 Å². The summed E-state index contributed by atoms with van der Waals surface area (Å²) in [6.07, 6.45) is 4.02. The number of nitrogens with zero attached hydrogens (tertiary/aromatic N) is 3. The van der Waals surface area contributed by atoms with Gasteiger partial charge in [-0.2, -0.15) is 0 Å². The molecule has 3 aromatic heterocycles. The van der Waals surface area contributed by atoms with Crippen LogP contribution in [-0.4, -0.2) is 67.6 Å². The van der Waals surface area contributed by atoms with Crippen LogP contribution in [0.4, 0.5) is 0 Å². The van der Waals surface area contributed by atoms with Crippen LogP contribution in [0.1, 0.15) is 115 Å². The molecule has 12 aromatic rings. The number of ketones is 6. The van der Waals surface area contributed by atoms with Gasteiger partial charge in [0.25, 0.3) is 0 Å². The van der Waals surface area contributed by atoms with Crippen LogP contribution < -0.4 is 15.3 Å². The quantitative estimate of drug-likeness (QED) is 0.0813. The molecule has 0 spiro atoms. The Morgan fingerprint density at radius 1 is 0.291 bits per heavy atom. The molecule has 0 saturated heterocycles. The number of benzene rings is 9. The van der Waals surface area contributed by atoms with E-state index in [1.807, 2.05) is 18.6 Å². The van der Waals surface area contributed by atoms with Crippen molar-refractivity contribution in [3.05, 3.63) is 270 Å². The summed E-state index contributed by atoms with van der Waals surface area (Å²) >= 11 is 0. The fraction of sp³-hybridized carbons (Fsp3) is 0.172. The van der Waals surface area contributed by atoms with Crippen LogP contribution in [0.15, 0.2) is 237 Å². The van der Waals surface area contributed by atoms with Crippen LogP contribution in [-0.2, 0) is 79.5 Å². The first-order valence-electron chi connectivity index (χ1n) is 33.1. The second kappa shape index (κ2) is 31.9. The minimum atomic E-state index is -1.80. The van der Waals surface area contributed by atoms with E-state index >= 15 is 0 Å². The molecule has 15 rings (SSSR count). The van der Waals surface area contributed by atoms with Crippen LogP contribution in [0.5, 0.6) is 0 Å². The zero-order valence-electron chi connectivity index (χ0n) is 58.2. The number of pyridine rings is 3. The molecule has 516 valence electrons. The third kappa shape index (κ3) is 16.4. The molecule has 16 heteroatoms. The first kappa shape index (κ1) is 75.5. The van der Waals surface area contributed by atoms with Crippen molar-refractivity contribution in [1.82, 2.24) is 15.0 Å². The predicted molar refractivity (Wildman–Crippen MR) is 390 cm³/mol. The standard InChI is InChI=1S/3C24H19N.3C5H6O4.Ir/c3*1-24(2)21-10-6-5-9-19(21)20-12-11-17(15-22(20)24)23-18-8-4-3-7-16(18)13-14-25-23;3*1-3(6)2-4(7)5(8)9;/h3*3-15H,1-2H3;3*2H2,1H3,(H,8,9);/q;;;;;;+3/p-3. The molecule has 0 N–H and O–H groups in total. The van der Waals surface area contributed by atoms with Crippen molar-refractivity contribution < 1.29 is 78.6 Å². The largest absolute Gasteiger partial charge is 3.00 e. The number of aliphatic carboxylic acids is 3. The number of rotatable bonds is 12. The summed E-state index contributed by atoms with van der Waals surface area (Å²) in [7, 11) is 0. The minimum absolute atomic E-state index is 0. The maximum Gasteiger partial charge on any atom is 3.00 e. The smallest absolute Gasteiger partial charge is 0.542 e. The number of carbonyl (C=O) groups is 9. The summed E-state index contributed by atoms with van der Waals surface area (Å²) in [6.45, 7) is 17.3. The normalized spacial score (nSPS) is 12.7. The summed E-state index contributed by atoms with van der Waals surface area (Å²) in [6, 6.07) is 78.3. The average Bonchev–Trinajstić information content (AvgIpc) is 1.60. The maximum absolute atomic E-state index is 10.1. The van der Waals surface area contributed by atoms with Gasteiger partial charge in [0.2, 0.25) is 0 Å². The number of carboxylic acids is 3. The van der Waals surface area contributed by atoms with E-state index < -0.39 is 71.9 Å². The second-order valence-corrected chi connectivity index (χ2v) is 26.7. The molecule has 0 amide bonds. The van der Waals surface area contributed by atoms with Crippen molar-refractivity contribution in [2.24, 2.45) is 0 Å². The molecular weight excluding hydrogens is 1470 g/mol. The Hall–Kier alpha value is -11.7. The van der Waals surface area contributed by atoms with Gasteiger partial charge in [0.15, 0.2) is 17.3 Å². The Morgan fingerprint density at radius 3 is 0.748 bits per heavy atom. The summed E-state index contributed by atoms with van der Waals surface area (Å²) in [4.78, 5) is 103. The average molecular weight is 1540 g/mol. The Kier molecular flexibility index (Phi) is 23.4. The number of Topliss-reactive ketones (excluding diaryl/α,β-unsaturated/α-hetero) is 6. The Labute approximate surface area is 610 Å².